The van der Waals surface area contributed by atoms with E-state index in [9.17, 15) is 20.1 Å². The maximum atomic E-state index is 11.9. The van der Waals surface area contributed by atoms with E-state index in [1.54, 1.807) is 0 Å². The Morgan fingerprint density at radius 1 is 0.941 bits per heavy atom. The number of hydrogen-bond donors (Lipinski definition) is 3. The first kappa shape index (κ1) is 35.2. The van der Waals surface area contributed by atoms with Crippen molar-refractivity contribution < 1.29 is 14.7 Å². The molecule has 0 bridgehead atoms. The molecule has 0 saturated heterocycles. The van der Waals surface area contributed by atoms with Crippen molar-refractivity contribution >= 4 is 29.6 Å². The molecule has 0 radical (unpaired) electrons. The minimum absolute atomic E-state index is 0.0802. The minimum Gasteiger partial charge on any atom is -0.393 e. The summed E-state index contributed by atoms with van der Waals surface area (Å²) in [6.07, 6.45) is 7.20. The second-order valence-corrected chi connectivity index (χ2v) is 13.1. The van der Waals surface area contributed by atoms with E-state index in [0.29, 0.717) is 25.0 Å². The maximum Gasteiger partial charge on any atom is 0.245 e. The number of rotatable bonds is 12. The Hall–Kier alpha value is -5.59. The molecule has 3 N–H and O–H groups in total. The number of carbonyl (C=O) groups excluding carboxylic acids is 2. The highest BCUT2D eigenvalue weighted by atomic mass is 16.3. The van der Waals surface area contributed by atoms with Gasteiger partial charge in [0.25, 0.3) is 0 Å². The highest BCUT2D eigenvalue weighted by Crippen LogP contribution is 2.40. The van der Waals surface area contributed by atoms with Crippen LogP contribution in [-0.4, -0.2) is 50.4 Å². The van der Waals surface area contributed by atoms with Crippen molar-refractivity contribution in [2.24, 2.45) is 4.99 Å². The van der Waals surface area contributed by atoms with Gasteiger partial charge in [-0.15, -0.1) is 0 Å². The molecule has 0 unspecified atom stereocenters. The topological polar surface area (TPSA) is 125 Å². The lowest BCUT2D eigenvalue weighted by Gasteiger charge is -2.27. The van der Waals surface area contributed by atoms with Gasteiger partial charge in [0.2, 0.25) is 11.8 Å². The van der Waals surface area contributed by atoms with E-state index in [4.69, 9.17) is 4.98 Å². The lowest BCUT2D eigenvalue weighted by molar-refractivity contribution is -0.124. The molecule has 0 spiro atoms. The molecule has 3 aromatic carbocycles. The van der Waals surface area contributed by atoms with E-state index in [1.807, 2.05) is 59.4 Å². The predicted octanol–water partition coefficient (Wildman–Crippen LogP) is 6.82. The zero-order valence-corrected chi connectivity index (χ0v) is 28.9. The predicted molar refractivity (Wildman–Crippen MR) is 201 cm³/mol. The van der Waals surface area contributed by atoms with Crippen molar-refractivity contribution in [1.82, 2.24) is 19.4 Å². The number of unbranched alkanes of at least 4 members (excludes halogenated alkanes) is 2. The molecule has 51 heavy (non-hydrogen) atoms. The molecule has 2 heterocycles. The third kappa shape index (κ3) is 8.59. The molecular weight excluding hydrogens is 637 g/mol. The lowest BCUT2D eigenvalue weighted by atomic mass is 9.93. The van der Waals surface area contributed by atoms with E-state index < -0.39 is 0 Å². The summed E-state index contributed by atoms with van der Waals surface area (Å²) in [6, 6.07) is 29.0. The van der Waals surface area contributed by atoms with Crippen LogP contribution in [0.5, 0.6) is 0 Å². The molecule has 1 aliphatic carbocycles. The Bertz CT molecular complexity index is 2120. The van der Waals surface area contributed by atoms with E-state index >= 15 is 0 Å². The lowest BCUT2D eigenvalue weighted by Crippen LogP contribution is -2.29. The zero-order chi connectivity index (χ0) is 35.6. The van der Waals surface area contributed by atoms with Gasteiger partial charge in [0, 0.05) is 49.5 Å². The Balaban J connectivity index is 1.28. The summed E-state index contributed by atoms with van der Waals surface area (Å²) < 4.78 is 4.25. The summed E-state index contributed by atoms with van der Waals surface area (Å²) in [7, 11) is 0. The van der Waals surface area contributed by atoms with Crippen molar-refractivity contribution in [2.75, 3.05) is 6.54 Å². The fourth-order valence-electron chi connectivity index (χ4n) is 6.87. The number of fused-ring (bicyclic) bond motifs is 1. The number of aliphatic hydroxyl groups is 1. The summed E-state index contributed by atoms with van der Waals surface area (Å²) in [5.41, 5.74) is 7.30. The summed E-state index contributed by atoms with van der Waals surface area (Å²) in [5, 5.41) is 23.4. The minimum atomic E-state index is -0.371. The summed E-state index contributed by atoms with van der Waals surface area (Å²) in [6.45, 7) is 4.27. The third-order valence-electron chi connectivity index (χ3n) is 9.50. The number of aromatic nitrogens is 3. The second kappa shape index (κ2) is 16.9. The van der Waals surface area contributed by atoms with Crippen molar-refractivity contribution in [3.63, 3.8) is 0 Å². The van der Waals surface area contributed by atoms with Gasteiger partial charge in [0.15, 0.2) is 0 Å². The summed E-state index contributed by atoms with van der Waals surface area (Å²) >= 11 is 0. The van der Waals surface area contributed by atoms with E-state index in [1.165, 1.54) is 0 Å². The van der Waals surface area contributed by atoms with Crippen LogP contribution < -0.4 is 10.8 Å². The molecular formula is C42H44N6O3. The van der Waals surface area contributed by atoms with Crippen LogP contribution in [0.15, 0.2) is 96.2 Å². The molecule has 9 nitrogen and oxygen atoms in total. The fourth-order valence-corrected chi connectivity index (χ4v) is 6.87. The van der Waals surface area contributed by atoms with Crippen molar-refractivity contribution in [1.29, 1.82) is 5.41 Å². The van der Waals surface area contributed by atoms with Crippen molar-refractivity contribution in [3.8, 4) is 34.2 Å². The van der Waals surface area contributed by atoms with Crippen LogP contribution in [-0.2, 0) is 16.1 Å². The van der Waals surface area contributed by atoms with Crippen LogP contribution in [0.2, 0.25) is 0 Å². The maximum absolute atomic E-state index is 11.9. The molecule has 1 saturated carbocycles. The molecule has 0 atom stereocenters. The highest BCUT2D eigenvalue weighted by molar-refractivity contribution is 6.02. The van der Waals surface area contributed by atoms with Gasteiger partial charge in [-0.2, -0.15) is 0 Å². The fraction of sp³-hybridized carbons (Fsp3) is 0.310. The quantitative estimate of drug-likeness (QED) is 0.0760. The molecule has 2 amide bonds. The van der Waals surface area contributed by atoms with Gasteiger partial charge in [0.1, 0.15) is 11.1 Å². The van der Waals surface area contributed by atoms with Gasteiger partial charge >= 0.3 is 0 Å². The van der Waals surface area contributed by atoms with Crippen LogP contribution in [0.4, 0.5) is 0 Å². The first-order valence-corrected chi connectivity index (χ1v) is 17.7. The number of aliphatic hydroxyl groups excluding tert-OH is 1. The monoisotopic (exact) mass is 680 g/mol. The van der Waals surface area contributed by atoms with E-state index in [0.717, 1.165) is 83.1 Å². The SMILES string of the molecule is C=NC(=O)CCC(=O)NCCCCC#Cc1cccc(Cn2c(-c3ccccc3)c(-c3ccccc3)c3c(=N)n(C4CCC(O)CC4)cnc32)c1. The first-order chi connectivity index (χ1) is 24.9. The zero-order valence-electron chi connectivity index (χ0n) is 28.9. The van der Waals surface area contributed by atoms with Gasteiger partial charge in [-0.3, -0.25) is 15.0 Å². The average Bonchev–Trinajstić information content (AvgIpc) is 3.49. The Kier molecular flexibility index (Phi) is 11.7. The molecule has 0 aliphatic heterocycles. The van der Waals surface area contributed by atoms with Gasteiger partial charge in [-0.1, -0.05) is 84.6 Å². The molecule has 2 aromatic heterocycles. The molecule has 9 heteroatoms. The van der Waals surface area contributed by atoms with Crippen molar-refractivity contribution in [3.05, 3.63) is 108 Å². The van der Waals surface area contributed by atoms with Gasteiger partial charge in [0.05, 0.1) is 23.5 Å². The Labute approximate surface area is 298 Å². The molecule has 260 valence electrons. The molecule has 5 aromatic rings. The number of hydrogen-bond acceptors (Lipinski definition) is 5. The second-order valence-electron chi connectivity index (χ2n) is 13.1. The van der Waals surface area contributed by atoms with Crippen LogP contribution >= 0.6 is 0 Å². The number of benzene rings is 3. The molecule has 1 fully saturated rings. The van der Waals surface area contributed by atoms with Gasteiger partial charge < -0.3 is 19.6 Å². The van der Waals surface area contributed by atoms with Gasteiger partial charge in [-0.05, 0) is 74.1 Å². The number of carbonyl (C=O) groups is 2. The molecule has 6 rings (SSSR count). The highest BCUT2D eigenvalue weighted by Gasteiger charge is 2.26. The third-order valence-corrected chi connectivity index (χ3v) is 9.50. The van der Waals surface area contributed by atoms with Crippen LogP contribution in [0, 0.1) is 17.3 Å². The first-order valence-electron chi connectivity index (χ1n) is 17.7. The number of amides is 2. The Morgan fingerprint density at radius 2 is 1.67 bits per heavy atom. The number of nitrogens with zero attached hydrogens (tertiary/aromatic N) is 4. The Morgan fingerprint density at radius 3 is 2.39 bits per heavy atom. The van der Waals surface area contributed by atoms with Crippen LogP contribution in [0.3, 0.4) is 0 Å². The van der Waals surface area contributed by atoms with E-state index in [-0.39, 0.29) is 36.8 Å². The normalized spacial score (nSPS) is 15.5. The van der Waals surface area contributed by atoms with Crippen molar-refractivity contribution in [2.45, 2.75) is 76.5 Å². The largest absolute Gasteiger partial charge is 0.393 e. The van der Waals surface area contributed by atoms with E-state index in [2.05, 4.69) is 69.8 Å². The number of nitrogens with one attached hydrogen (secondary N) is 2. The average molecular weight is 681 g/mol. The molecule has 1 aliphatic rings. The smallest absolute Gasteiger partial charge is 0.245 e. The van der Waals surface area contributed by atoms with Gasteiger partial charge in [-0.25, -0.2) is 9.98 Å². The summed E-state index contributed by atoms with van der Waals surface area (Å²) in [4.78, 5) is 31.5. The number of aliphatic imine (C=N–C) groups is 1. The standard InChI is InChI=1S/C42H44N6O3/c1-44-36(50)24-25-37(51)45-26-11-3-2-6-13-30-14-12-15-31(27-30)28-47-40(33-18-9-5-10-19-33)38(32-16-7-4-8-17-32)39-41(43)48(29-46-42(39)47)34-20-22-35(49)23-21-34/h4-5,7-10,12,14-19,27,29,34-35,43,49H,1-3,11,20-26,28H2,(H,45,51). The van der Waals surface area contributed by atoms with Crippen LogP contribution in [0.1, 0.15) is 75.0 Å². The van der Waals surface area contributed by atoms with Crippen LogP contribution in [0.25, 0.3) is 33.4 Å². The summed E-state index contributed by atoms with van der Waals surface area (Å²) in [5.74, 6) is 6.06.